The Balaban J connectivity index is 2.13. The van der Waals surface area contributed by atoms with Gasteiger partial charge in [0, 0.05) is 19.2 Å². The maximum Gasteiger partial charge on any atom is 0.217 e. The predicted molar refractivity (Wildman–Crippen MR) is 66.1 cm³/mol. The number of pyridine rings is 1. The number of carbonyl (C=O) groups is 1. The van der Waals surface area contributed by atoms with Crippen LogP contribution >= 0.6 is 0 Å². The van der Waals surface area contributed by atoms with Crippen molar-refractivity contribution in [3.8, 4) is 5.88 Å². The van der Waals surface area contributed by atoms with Gasteiger partial charge in [-0.2, -0.15) is 0 Å². The van der Waals surface area contributed by atoms with E-state index in [-0.39, 0.29) is 24.0 Å². The fraction of sp³-hybridized carbons (Fsp3) is 0.538. The molecule has 0 unspecified atom stereocenters. The average Bonchev–Trinajstić information content (AvgIpc) is 2.32. The Morgan fingerprint density at radius 3 is 2.72 bits per heavy atom. The van der Waals surface area contributed by atoms with Crippen LogP contribution in [0.1, 0.15) is 31.4 Å². The van der Waals surface area contributed by atoms with Crippen LogP contribution < -0.4 is 10.1 Å². The highest BCUT2D eigenvalue weighted by Crippen LogP contribution is 2.38. The van der Waals surface area contributed by atoms with Crippen LogP contribution in [0.25, 0.3) is 0 Å². The standard InChI is InChI=1S/C13H18N2O3/c1-8(16)15-13(10-5-11(17)6-10)9-3-4-12(18-2)14-7-9/h3-4,7,10-11,13,17H,5-6H2,1-2H3,(H,15,16)/t10?,11?,13-/m1/s1. The maximum absolute atomic E-state index is 11.3. The summed E-state index contributed by atoms with van der Waals surface area (Å²) in [6.07, 6.45) is 2.91. The van der Waals surface area contributed by atoms with Crippen LogP contribution in [-0.4, -0.2) is 29.2 Å². The molecule has 5 nitrogen and oxygen atoms in total. The molecule has 1 aromatic rings. The van der Waals surface area contributed by atoms with Gasteiger partial charge in [0.05, 0.1) is 19.3 Å². The number of nitrogens with zero attached hydrogens (tertiary/aromatic N) is 1. The van der Waals surface area contributed by atoms with Gasteiger partial charge in [-0.1, -0.05) is 6.07 Å². The minimum absolute atomic E-state index is 0.0720. The van der Waals surface area contributed by atoms with Gasteiger partial charge in [-0.3, -0.25) is 4.79 Å². The lowest BCUT2D eigenvalue weighted by atomic mass is 9.75. The van der Waals surface area contributed by atoms with Gasteiger partial charge in [-0.25, -0.2) is 4.98 Å². The molecule has 18 heavy (non-hydrogen) atoms. The van der Waals surface area contributed by atoms with Crippen LogP contribution in [0.5, 0.6) is 5.88 Å². The van der Waals surface area contributed by atoms with Crippen molar-refractivity contribution in [3.63, 3.8) is 0 Å². The van der Waals surface area contributed by atoms with E-state index in [1.165, 1.54) is 6.92 Å². The first-order valence-corrected chi connectivity index (χ1v) is 6.05. The second kappa shape index (κ2) is 5.35. The van der Waals surface area contributed by atoms with Crippen LogP contribution in [0.2, 0.25) is 0 Å². The second-order valence-electron chi connectivity index (χ2n) is 4.70. The summed E-state index contributed by atoms with van der Waals surface area (Å²) < 4.78 is 5.01. The van der Waals surface area contributed by atoms with E-state index in [0.29, 0.717) is 5.88 Å². The lowest BCUT2D eigenvalue weighted by molar-refractivity contribution is -0.120. The number of carbonyl (C=O) groups excluding carboxylic acids is 1. The molecule has 1 aliphatic rings. The first-order chi connectivity index (χ1) is 8.60. The van der Waals surface area contributed by atoms with E-state index in [2.05, 4.69) is 10.3 Å². The Morgan fingerprint density at radius 2 is 2.28 bits per heavy atom. The molecule has 1 heterocycles. The van der Waals surface area contributed by atoms with E-state index in [1.54, 1.807) is 19.4 Å². The summed E-state index contributed by atoms with van der Waals surface area (Å²) in [7, 11) is 1.57. The van der Waals surface area contributed by atoms with Crippen molar-refractivity contribution in [2.75, 3.05) is 7.11 Å². The van der Waals surface area contributed by atoms with E-state index in [1.807, 2.05) is 6.07 Å². The molecular formula is C13H18N2O3. The normalized spacial score (nSPS) is 23.9. The molecular weight excluding hydrogens is 232 g/mol. The van der Waals surface area contributed by atoms with Gasteiger partial charge in [0.25, 0.3) is 0 Å². The zero-order valence-electron chi connectivity index (χ0n) is 10.6. The van der Waals surface area contributed by atoms with E-state index in [9.17, 15) is 9.90 Å². The fourth-order valence-corrected chi connectivity index (χ4v) is 2.29. The molecule has 1 aromatic heterocycles. The Labute approximate surface area is 106 Å². The van der Waals surface area contributed by atoms with Crippen molar-refractivity contribution in [3.05, 3.63) is 23.9 Å². The highest BCUT2D eigenvalue weighted by Gasteiger charge is 2.35. The summed E-state index contributed by atoms with van der Waals surface area (Å²) in [4.78, 5) is 15.4. The number of aliphatic hydroxyl groups is 1. The van der Waals surface area contributed by atoms with Gasteiger partial charge in [-0.05, 0) is 24.3 Å². The number of hydrogen-bond acceptors (Lipinski definition) is 4. The zero-order valence-corrected chi connectivity index (χ0v) is 10.6. The Kier molecular flexibility index (Phi) is 3.81. The van der Waals surface area contributed by atoms with Crippen molar-refractivity contribution >= 4 is 5.91 Å². The molecule has 1 amide bonds. The van der Waals surface area contributed by atoms with Crippen LogP contribution in [0.3, 0.4) is 0 Å². The molecule has 1 fully saturated rings. The topological polar surface area (TPSA) is 71.5 Å². The number of ether oxygens (including phenoxy) is 1. The van der Waals surface area contributed by atoms with Gasteiger partial charge < -0.3 is 15.2 Å². The Bertz CT molecular complexity index is 413. The molecule has 0 aliphatic heterocycles. The summed E-state index contributed by atoms with van der Waals surface area (Å²) in [5.41, 5.74) is 0.947. The van der Waals surface area contributed by atoms with Crippen molar-refractivity contribution in [1.82, 2.24) is 10.3 Å². The molecule has 1 aliphatic carbocycles. The highest BCUT2D eigenvalue weighted by molar-refractivity contribution is 5.73. The van der Waals surface area contributed by atoms with E-state index in [4.69, 9.17) is 4.74 Å². The van der Waals surface area contributed by atoms with Crippen molar-refractivity contribution in [2.24, 2.45) is 5.92 Å². The largest absolute Gasteiger partial charge is 0.481 e. The highest BCUT2D eigenvalue weighted by atomic mass is 16.5. The van der Waals surface area contributed by atoms with Crippen molar-refractivity contribution in [1.29, 1.82) is 0 Å². The predicted octanol–water partition coefficient (Wildman–Crippen LogP) is 1.04. The third kappa shape index (κ3) is 2.79. The molecule has 0 radical (unpaired) electrons. The second-order valence-corrected chi connectivity index (χ2v) is 4.70. The van der Waals surface area contributed by atoms with E-state index >= 15 is 0 Å². The van der Waals surface area contributed by atoms with E-state index < -0.39 is 0 Å². The number of aromatic nitrogens is 1. The molecule has 2 rings (SSSR count). The fourth-order valence-electron chi connectivity index (χ4n) is 2.29. The summed E-state index contributed by atoms with van der Waals surface area (Å²) in [5.74, 6) is 0.755. The van der Waals surface area contributed by atoms with Crippen LogP contribution in [0.15, 0.2) is 18.3 Å². The van der Waals surface area contributed by atoms with Gasteiger partial charge in [0.2, 0.25) is 11.8 Å². The minimum Gasteiger partial charge on any atom is -0.481 e. The molecule has 5 heteroatoms. The van der Waals surface area contributed by atoms with Crippen LogP contribution in [-0.2, 0) is 4.79 Å². The minimum atomic E-state index is -0.238. The van der Waals surface area contributed by atoms with Gasteiger partial charge in [0.1, 0.15) is 0 Å². The molecule has 0 bridgehead atoms. The molecule has 0 spiro atoms. The SMILES string of the molecule is COc1ccc([C@@H](NC(C)=O)C2CC(O)C2)cn1. The molecule has 2 N–H and O–H groups in total. The van der Waals surface area contributed by atoms with Gasteiger partial charge in [-0.15, -0.1) is 0 Å². The number of hydrogen-bond donors (Lipinski definition) is 2. The lowest BCUT2D eigenvalue weighted by Crippen LogP contribution is -2.40. The number of methoxy groups -OCH3 is 1. The lowest BCUT2D eigenvalue weighted by Gasteiger charge is -2.38. The van der Waals surface area contributed by atoms with Gasteiger partial charge >= 0.3 is 0 Å². The average molecular weight is 250 g/mol. The number of rotatable bonds is 4. The third-order valence-electron chi connectivity index (χ3n) is 3.31. The first kappa shape index (κ1) is 12.8. The smallest absolute Gasteiger partial charge is 0.217 e. The summed E-state index contributed by atoms with van der Waals surface area (Å²) in [5, 5.41) is 12.3. The van der Waals surface area contributed by atoms with Crippen molar-refractivity contribution < 1.29 is 14.6 Å². The summed E-state index contributed by atoms with van der Waals surface area (Å²) in [6, 6.07) is 3.60. The molecule has 1 atom stereocenters. The molecule has 0 saturated heterocycles. The summed E-state index contributed by atoms with van der Waals surface area (Å²) >= 11 is 0. The summed E-state index contributed by atoms with van der Waals surface area (Å²) in [6.45, 7) is 1.50. The van der Waals surface area contributed by atoms with E-state index in [0.717, 1.165) is 18.4 Å². The molecule has 0 aromatic carbocycles. The molecule has 1 saturated carbocycles. The Morgan fingerprint density at radius 1 is 1.56 bits per heavy atom. The quantitative estimate of drug-likeness (QED) is 0.837. The monoisotopic (exact) mass is 250 g/mol. The maximum atomic E-state index is 11.3. The number of aliphatic hydroxyl groups excluding tert-OH is 1. The van der Waals surface area contributed by atoms with Crippen LogP contribution in [0, 0.1) is 5.92 Å². The number of nitrogens with one attached hydrogen (secondary N) is 1. The van der Waals surface area contributed by atoms with Crippen LogP contribution in [0.4, 0.5) is 0 Å². The number of amides is 1. The van der Waals surface area contributed by atoms with Crippen molar-refractivity contribution in [2.45, 2.75) is 31.9 Å². The third-order valence-corrected chi connectivity index (χ3v) is 3.31. The first-order valence-electron chi connectivity index (χ1n) is 6.05. The Hall–Kier alpha value is -1.62. The van der Waals surface area contributed by atoms with Gasteiger partial charge in [0.15, 0.2) is 0 Å². The zero-order chi connectivity index (χ0) is 13.1. The molecule has 98 valence electrons.